The summed E-state index contributed by atoms with van der Waals surface area (Å²) in [5, 5.41) is 5.67. The molecule has 1 aromatic heterocycles. The number of nitrogens with one attached hydrogen (secondary N) is 1. The molecule has 1 N–H and O–H groups in total. The molecule has 4 heteroatoms. The topological polar surface area (TPSA) is 15.3 Å². The molecular weight excluding hydrogens is 308 g/mol. The third-order valence-electron chi connectivity index (χ3n) is 3.39. The molecule has 1 rings (SSSR count). The molecule has 0 aliphatic carbocycles. The quantitative estimate of drug-likeness (QED) is 0.812. The van der Waals surface area contributed by atoms with Crippen LogP contribution in [0.3, 0.4) is 0 Å². The first kappa shape index (κ1) is 16.2. The molecule has 0 amide bonds. The molecule has 1 heterocycles. The van der Waals surface area contributed by atoms with Crippen LogP contribution in [0.15, 0.2) is 15.9 Å². The van der Waals surface area contributed by atoms with Gasteiger partial charge in [-0.05, 0) is 48.4 Å². The lowest BCUT2D eigenvalue weighted by Gasteiger charge is -2.30. The van der Waals surface area contributed by atoms with Gasteiger partial charge in [0, 0.05) is 33.4 Å². The molecule has 0 spiro atoms. The van der Waals surface area contributed by atoms with Crippen LogP contribution in [-0.4, -0.2) is 30.6 Å². The zero-order valence-corrected chi connectivity index (χ0v) is 14.4. The molecule has 0 aliphatic heterocycles. The van der Waals surface area contributed by atoms with Gasteiger partial charge < -0.3 is 5.32 Å². The van der Waals surface area contributed by atoms with Gasteiger partial charge in [-0.25, -0.2) is 0 Å². The summed E-state index contributed by atoms with van der Waals surface area (Å²) >= 11 is 5.33. The molecule has 0 aromatic carbocycles. The first-order valence-electron chi connectivity index (χ1n) is 6.56. The van der Waals surface area contributed by atoms with Gasteiger partial charge in [0.2, 0.25) is 0 Å². The summed E-state index contributed by atoms with van der Waals surface area (Å²) in [5.74, 6) is 0.654. The van der Waals surface area contributed by atoms with Gasteiger partial charge in [-0.1, -0.05) is 20.8 Å². The van der Waals surface area contributed by atoms with Gasteiger partial charge in [-0.15, -0.1) is 11.3 Å². The van der Waals surface area contributed by atoms with Crippen LogP contribution in [0.1, 0.15) is 32.6 Å². The zero-order chi connectivity index (χ0) is 13.7. The summed E-state index contributed by atoms with van der Waals surface area (Å²) in [4.78, 5) is 3.85. The van der Waals surface area contributed by atoms with Gasteiger partial charge in [0.25, 0.3) is 0 Å². The van der Waals surface area contributed by atoms with E-state index in [0.29, 0.717) is 18.0 Å². The minimum atomic E-state index is 0.568. The SMILES string of the molecule is CC(C)NCC(C)C(C)N(C)Cc1cc(Br)cs1. The third-order valence-corrected chi connectivity index (χ3v) is 5.08. The molecule has 0 bridgehead atoms. The molecule has 0 radical (unpaired) electrons. The molecule has 0 saturated carbocycles. The third kappa shape index (κ3) is 5.39. The molecule has 0 saturated heterocycles. The first-order chi connectivity index (χ1) is 8.40. The molecule has 104 valence electrons. The lowest BCUT2D eigenvalue weighted by Crippen LogP contribution is -2.40. The second kappa shape index (κ2) is 7.63. The van der Waals surface area contributed by atoms with E-state index in [4.69, 9.17) is 0 Å². The fraction of sp³-hybridized carbons (Fsp3) is 0.714. The Bertz CT molecular complexity index is 351. The van der Waals surface area contributed by atoms with Crippen molar-refractivity contribution in [3.63, 3.8) is 0 Å². The predicted octanol–water partition coefficient (Wildman–Crippen LogP) is 3.97. The Kier molecular flexibility index (Phi) is 6.85. The Hall–Kier alpha value is 0.1000. The van der Waals surface area contributed by atoms with Crippen molar-refractivity contribution in [3.05, 3.63) is 20.8 Å². The van der Waals surface area contributed by atoms with Crippen LogP contribution in [0.2, 0.25) is 0 Å². The van der Waals surface area contributed by atoms with E-state index in [-0.39, 0.29) is 0 Å². The molecular formula is C14H25BrN2S. The molecule has 2 unspecified atom stereocenters. The summed E-state index contributed by atoms with van der Waals surface area (Å²) < 4.78 is 1.19. The normalized spacial score (nSPS) is 15.3. The van der Waals surface area contributed by atoms with E-state index >= 15 is 0 Å². The number of rotatable bonds is 7. The number of hydrogen-bond acceptors (Lipinski definition) is 3. The van der Waals surface area contributed by atoms with Gasteiger partial charge in [0.15, 0.2) is 0 Å². The standard InChI is InChI=1S/C14H25BrN2S/c1-10(2)16-7-11(3)12(4)17(5)8-14-6-13(15)9-18-14/h6,9-12,16H,7-8H2,1-5H3. The molecule has 2 nitrogen and oxygen atoms in total. The number of halogens is 1. The lowest BCUT2D eigenvalue weighted by atomic mass is 10.0. The zero-order valence-electron chi connectivity index (χ0n) is 12.0. The van der Waals surface area contributed by atoms with Gasteiger partial charge in [0.05, 0.1) is 0 Å². The first-order valence-corrected chi connectivity index (χ1v) is 8.24. The summed E-state index contributed by atoms with van der Waals surface area (Å²) in [6, 6.07) is 3.36. The van der Waals surface area contributed by atoms with Crippen molar-refractivity contribution in [2.75, 3.05) is 13.6 Å². The van der Waals surface area contributed by atoms with Crippen LogP contribution >= 0.6 is 27.3 Å². The smallest absolute Gasteiger partial charge is 0.0328 e. The second-order valence-electron chi connectivity index (χ2n) is 5.43. The highest BCUT2D eigenvalue weighted by molar-refractivity contribution is 9.10. The minimum absolute atomic E-state index is 0.568. The van der Waals surface area contributed by atoms with Crippen molar-refractivity contribution in [3.8, 4) is 0 Å². The van der Waals surface area contributed by atoms with Gasteiger partial charge >= 0.3 is 0 Å². The average Bonchev–Trinajstić information content (AvgIpc) is 2.70. The Morgan fingerprint density at radius 1 is 1.33 bits per heavy atom. The van der Waals surface area contributed by atoms with Crippen LogP contribution in [0.5, 0.6) is 0 Å². The predicted molar refractivity (Wildman–Crippen MR) is 85.3 cm³/mol. The van der Waals surface area contributed by atoms with Crippen LogP contribution in [0.4, 0.5) is 0 Å². The largest absolute Gasteiger partial charge is 0.314 e. The average molecular weight is 333 g/mol. The van der Waals surface area contributed by atoms with Crippen molar-refractivity contribution >= 4 is 27.3 Å². The molecule has 0 aliphatic rings. The maximum absolute atomic E-state index is 3.52. The van der Waals surface area contributed by atoms with E-state index in [1.807, 2.05) is 11.3 Å². The summed E-state index contributed by atoms with van der Waals surface area (Å²) in [6.45, 7) is 11.1. The Labute approximate surface area is 124 Å². The maximum Gasteiger partial charge on any atom is 0.0328 e. The maximum atomic E-state index is 3.52. The van der Waals surface area contributed by atoms with E-state index in [1.165, 1.54) is 9.35 Å². The Morgan fingerprint density at radius 2 is 2.00 bits per heavy atom. The van der Waals surface area contributed by atoms with E-state index in [2.05, 4.69) is 72.3 Å². The highest BCUT2D eigenvalue weighted by Gasteiger charge is 2.17. The van der Waals surface area contributed by atoms with Gasteiger partial charge in [-0.2, -0.15) is 0 Å². The fourth-order valence-corrected chi connectivity index (χ4v) is 3.37. The van der Waals surface area contributed by atoms with Crippen LogP contribution in [0.25, 0.3) is 0 Å². The highest BCUT2D eigenvalue weighted by Crippen LogP contribution is 2.22. The van der Waals surface area contributed by atoms with Crippen LogP contribution in [0, 0.1) is 5.92 Å². The Morgan fingerprint density at radius 3 is 2.50 bits per heavy atom. The summed E-state index contributed by atoms with van der Waals surface area (Å²) in [5.41, 5.74) is 0. The molecule has 1 aromatic rings. The summed E-state index contributed by atoms with van der Waals surface area (Å²) in [6.07, 6.45) is 0. The fourth-order valence-electron chi connectivity index (χ4n) is 1.85. The van der Waals surface area contributed by atoms with Crippen LogP contribution in [-0.2, 0) is 6.54 Å². The Balaban J connectivity index is 2.42. The van der Waals surface area contributed by atoms with Crippen LogP contribution < -0.4 is 5.32 Å². The lowest BCUT2D eigenvalue weighted by molar-refractivity contribution is 0.188. The van der Waals surface area contributed by atoms with Crippen molar-refractivity contribution in [2.24, 2.45) is 5.92 Å². The van der Waals surface area contributed by atoms with E-state index < -0.39 is 0 Å². The van der Waals surface area contributed by atoms with E-state index in [1.54, 1.807) is 0 Å². The number of nitrogens with zero attached hydrogens (tertiary/aromatic N) is 1. The van der Waals surface area contributed by atoms with Crippen molar-refractivity contribution in [1.82, 2.24) is 10.2 Å². The molecule has 0 fully saturated rings. The molecule has 18 heavy (non-hydrogen) atoms. The molecule has 2 atom stereocenters. The number of thiophene rings is 1. The van der Waals surface area contributed by atoms with E-state index in [9.17, 15) is 0 Å². The van der Waals surface area contributed by atoms with Crippen molar-refractivity contribution < 1.29 is 0 Å². The van der Waals surface area contributed by atoms with Crippen molar-refractivity contribution in [2.45, 2.75) is 46.3 Å². The van der Waals surface area contributed by atoms with Gasteiger partial charge in [-0.3, -0.25) is 4.90 Å². The van der Waals surface area contributed by atoms with Crippen molar-refractivity contribution in [1.29, 1.82) is 0 Å². The summed E-state index contributed by atoms with van der Waals surface area (Å²) in [7, 11) is 2.21. The van der Waals surface area contributed by atoms with E-state index in [0.717, 1.165) is 13.1 Å². The minimum Gasteiger partial charge on any atom is -0.314 e. The second-order valence-corrected chi connectivity index (χ2v) is 7.34. The monoisotopic (exact) mass is 332 g/mol. The van der Waals surface area contributed by atoms with Gasteiger partial charge in [0.1, 0.15) is 0 Å². The highest BCUT2D eigenvalue weighted by atomic mass is 79.9. The number of hydrogen-bond donors (Lipinski definition) is 1.